The summed E-state index contributed by atoms with van der Waals surface area (Å²) < 4.78 is 58.2. The van der Waals surface area contributed by atoms with E-state index in [1.165, 1.54) is 24.1 Å². The monoisotopic (exact) mass is 742 g/mol. The summed E-state index contributed by atoms with van der Waals surface area (Å²) in [5, 5.41) is -0.322. The first kappa shape index (κ1) is 36.2. The third-order valence-electron chi connectivity index (χ3n) is 11.7. The minimum Gasteiger partial charge on any atom is -0.490 e. The molecule has 2 aromatic rings. The van der Waals surface area contributed by atoms with E-state index in [-0.39, 0.29) is 30.0 Å². The second-order valence-corrected chi connectivity index (χ2v) is 17.6. The molecule has 276 valence electrons. The fourth-order valence-electron chi connectivity index (χ4n) is 8.70. The number of sulfonamides is 1. The summed E-state index contributed by atoms with van der Waals surface area (Å²) in [5.41, 5.74) is 2.83. The minimum atomic E-state index is -4.13. The second kappa shape index (κ2) is 14.3. The third kappa shape index (κ3) is 7.13. The van der Waals surface area contributed by atoms with E-state index in [1.807, 2.05) is 24.0 Å². The Morgan fingerprint density at radius 2 is 1.90 bits per heavy atom. The number of carbonyl (C=O) groups excluding carboxylic acids is 2. The van der Waals surface area contributed by atoms with Gasteiger partial charge in [-0.15, -0.1) is 0 Å². The van der Waals surface area contributed by atoms with Crippen LogP contribution >= 0.6 is 11.6 Å². The first-order valence-electron chi connectivity index (χ1n) is 18.2. The molecule has 0 aromatic heterocycles. The normalized spacial score (nSPS) is 32.5. The molecule has 7 rings (SSSR count). The highest BCUT2D eigenvalue weighted by Gasteiger charge is 2.45. The molecule has 4 aliphatic heterocycles. The molecule has 6 atom stereocenters. The maximum absolute atomic E-state index is 16.7. The van der Waals surface area contributed by atoms with Crippen molar-refractivity contribution >= 4 is 39.1 Å². The number of allylic oxidation sites excluding steroid dienone is 1. The van der Waals surface area contributed by atoms with Crippen molar-refractivity contribution in [2.24, 2.45) is 5.92 Å². The molecule has 4 heterocycles. The minimum absolute atomic E-state index is 0.0815. The van der Waals surface area contributed by atoms with Crippen LogP contribution in [0.2, 0.25) is 5.02 Å². The predicted molar refractivity (Wildman–Crippen MR) is 195 cm³/mol. The van der Waals surface area contributed by atoms with Gasteiger partial charge in [0.15, 0.2) is 0 Å². The summed E-state index contributed by atoms with van der Waals surface area (Å²) >= 11 is 6.45. The SMILES string of the molecule is C[C@@H]1[C@@H](C)C/C=C(\F)[C@H](C(=O)N2CCO[C@@H](C)C2)N2CCC[C@H]2CN2C[C@@]3(CCCc4cc(Cl)ccc43)COc3ccc(cc32)C(=O)NS1(=O)=O. The maximum Gasteiger partial charge on any atom is 0.264 e. The van der Waals surface area contributed by atoms with Crippen LogP contribution in [-0.4, -0.2) is 99.4 Å². The molecule has 13 heteroatoms. The molecule has 51 heavy (non-hydrogen) atoms. The van der Waals surface area contributed by atoms with Crippen molar-refractivity contribution in [3.05, 3.63) is 70.0 Å². The van der Waals surface area contributed by atoms with Crippen LogP contribution in [0.4, 0.5) is 10.1 Å². The third-order valence-corrected chi connectivity index (χ3v) is 13.9. The Morgan fingerprint density at radius 3 is 2.71 bits per heavy atom. The zero-order valence-electron chi connectivity index (χ0n) is 29.6. The topological polar surface area (TPSA) is 108 Å². The molecule has 5 aliphatic rings. The highest BCUT2D eigenvalue weighted by atomic mass is 35.5. The molecular formula is C38H48ClFN4O6S. The Labute approximate surface area is 305 Å². The maximum atomic E-state index is 16.7. The summed E-state index contributed by atoms with van der Waals surface area (Å²) in [6, 6.07) is 9.77. The molecule has 0 saturated carbocycles. The molecule has 0 unspecified atom stereocenters. The zero-order valence-corrected chi connectivity index (χ0v) is 31.1. The van der Waals surface area contributed by atoms with Crippen molar-refractivity contribution in [1.82, 2.24) is 14.5 Å². The number of morpholine rings is 1. The largest absolute Gasteiger partial charge is 0.490 e. The van der Waals surface area contributed by atoms with Gasteiger partial charge in [-0.25, -0.2) is 17.5 Å². The van der Waals surface area contributed by atoms with Crippen LogP contribution in [-0.2, 0) is 31.4 Å². The number of carbonyl (C=O) groups is 2. The lowest BCUT2D eigenvalue weighted by Crippen LogP contribution is -2.56. The Balaban J connectivity index is 1.34. The van der Waals surface area contributed by atoms with Crippen molar-refractivity contribution < 1.29 is 31.9 Å². The van der Waals surface area contributed by atoms with Gasteiger partial charge in [0.25, 0.3) is 5.91 Å². The fraction of sp³-hybridized carbons (Fsp3) is 0.579. The number of benzene rings is 2. The van der Waals surface area contributed by atoms with E-state index >= 15 is 4.39 Å². The van der Waals surface area contributed by atoms with E-state index in [0.717, 1.165) is 32.1 Å². The summed E-state index contributed by atoms with van der Waals surface area (Å²) in [4.78, 5) is 33.9. The van der Waals surface area contributed by atoms with Crippen molar-refractivity contribution in [2.75, 3.05) is 50.8 Å². The second-order valence-electron chi connectivity index (χ2n) is 15.2. The molecule has 2 aromatic carbocycles. The first-order chi connectivity index (χ1) is 24.3. The van der Waals surface area contributed by atoms with Crippen molar-refractivity contribution in [3.8, 4) is 5.75 Å². The van der Waals surface area contributed by atoms with Gasteiger partial charge in [-0.05, 0) is 106 Å². The molecule has 2 amide bonds. The van der Waals surface area contributed by atoms with Crippen LogP contribution in [0.3, 0.4) is 0 Å². The standard InChI is InChI=1S/C38H48ClFN4O6S/c1-24-8-12-32(40)35(37(46)42-16-17-49-25(2)20-42)44-15-5-7-30(44)21-43-22-38(14-4-6-27-18-29(39)10-11-31(27)38)23-50-34-13-9-28(19-33(34)43)36(45)41-51(47,48)26(24)3/h9-13,18-19,24-26,30,35H,4-8,14-17,20-23H2,1-3H3,(H,41,45)/b32-12-/t24-,25-,26+,30-,35+,38-/m0/s1. The van der Waals surface area contributed by atoms with E-state index in [0.29, 0.717) is 62.4 Å². The lowest BCUT2D eigenvalue weighted by molar-refractivity contribution is -0.143. The summed E-state index contributed by atoms with van der Waals surface area (Å²) in [7, 11) is -4.13. The molecule has 1 aliphatic carbocycles. The van der Waals surface area contributed by atoms with Crippen LogP contribution in [0, 0.1) is 5.92 Å². The van der Waals surface area contributed by atoms with Gasteiger partial charge in [-0.1, -0.05) is 30.7 Å². The number of hydrogen-bond acceptors (Lipinski definition) is 8. The van der Waals surface area contributed by atoms with Crippen LogP contribution in [0.15, 0.2) is 48.3 Å². The van der Waals surface area contributed by atoms with Crippen LogP contribution in [0.25, 0.3) is 0 Å². The summed E-state index contributed by atoms with van der Waals surface area (Å²) in [6.45, 7) is 8.22. The van der Waals surface area contributed by atoms with Gasteiger partial charge in [-0.2, -0.15) is 0 Å². The molecule has 1 N–H and O–H groups in total. The van der Waals surface area contributed by atoms with Crippen LogP contribution in [0.1, 0.15) is 74.4 Å². The van der Waals surface area contributed by atoms with Crippen LogP contribution < -0.4 is 14.4 Å². The number of nitrogens with one attached hydrogen (secondary N) is 1. The van der Waals surface area contributed by atoms with E-state index in [4.69, 9.17) is 21.1 Å². The number of nitrogens with zero attached hydrogens (tertiary/aromatic N) is 3. The number of anilines is 1. The van der Waals surface area contributed by atoms with Crippen molar-refractivity contribution in [1.29, 1.82) is 0 Å². The van der Waals surface area contributed by atoms with Gasteiger partial charge in [0.1, 0.15) is 17.6 Å². The van der Waals surface area contributed by atoms with Gasteiger partial charge in [0.05, 0.1) is 30.3 Å². The Kier molecular flexibility index (Phi) is 10.2. The van der Waals surface area contributed by atoms with E-state index in [1.54, 1.807) is 30.0 Å². The van der Waals surface area contributed by atoms with Gasteiger partial charge in [-0.3, -0.25) is 14.5 Å². The Morgan fingerprint density at radius 1 is 1.08 bits per heavy atom. The number of hydrogen-bond donors (Lipinski definition) is 1. The average Bonchev–Trinajstić information content (AvgIpc) is 3.49. The zero-order chi connectivity index (χ0) is 36.1. The van der Waals surface area contributed by atoms with Crippen molar-refractivity contribution in [3.63, 3.8) is 0 Å². The molecule has 2 fully saturated rings. The van der Waals surface area contributed by atoms with Crippen LogP contribution in [0.5, 0.6) is 5.75 Å². The van der Waals surface area contributed by atoms with Gasteiger partial charge < -0.3 is 19.3 Å². The van der Waals surface area contributed by atoms with Gasteiger partial charge in [0.2, 0.25) is 15.9 Å². The Bertz CT molecular complexity index is 1820. The highest BCUT2D eigenvalue weighted by molar-refractivity contribution is 7.90. The molecule has 1 spiro atoms. The summed E-state index contributed by atoms with van der Waals surface area (Å²) in [6.07, 6.45) is 5.58. The number of aryl methyl sites for hydroxylation is 1. The molecule has 2 saturated heterocycles. The molecular weight excluding hydrogens is 695 g/mol. The molecule has 10 nitrogen and oxygen atoms in total. The number of fused-ring (bicyclic) bond motifs is 4. The highest BCUT2D eigenvalue weighted by Crippen LogP contribution is 2.45. The average molecular weight is 743 g/mol. The van der Waals surface area contributed by atoms with E-state index < -0.39 is 44.4 Å². The summed E-state index contributed by atoms with van der Waals surface area (Å²) in [5.74, 6) is -1.56. The first-order valence-corrected chi connectivity index (χ1v) is 20.2. The number of ether oxygens (including phenoxy) is 2. The predicted octanol–water partition coefficient (Wildman–Crippen LogP) is 5.23. The fourth-order valence-corrected chi connectivity index (χ4v) is 10.2. The Hall–Kier alpha value is -3.19. The smallest absolute Gasteiger partial charge is 0.264 e. The van der Waals surface area contributed by atoms with Crippen molar-refractivity contribution in [2.45, 2.75) is 88.1 Å². The van der Waals surface area contributed by atoms with Gasteiger partial charge in [0, 0.05) is 48.2 Å². The molecule has 2 bridgehead atoms. The number of rotatable bonds is 1. The lowest BCUT2D eigenvalue weighted by atomic mass is 9.70. The lowest BCUT2D eigenvalue weighted by Gasteiger charge is -2.43. The van der Waals surface area contributed by atoms with Gasteiger partial charge >= 0.3 is 0 Å². The number of halogens is 2. The quantitative estimate of drug-likeness (QED) is 0.423. The van der Waals surface area contributed by atoms with E-state index in [2.05, 4.69) is 15.7 Å². The van der Waals surface area contributed by atoms with E-state index in [9.17, 15) is 18.0 Å². The number of amides is 2. The molecule has 0 radical (unpaired) electrons.